The molecule has 1 amide bonds. The van der Waals surface area contributed by atoms with E-state index in [1.807, 2.05) is 47.4 Å². The van der Waals surface area contributed by atoms with Crippen LogP contribution in [0.25, 0.3) is 11.1 Å². The Morgan fingerprint density at radius 1 is 1.00 bits per heavy atom. The van der Waals surface area contributed by atoms with E-state index in [-0.39, 0.29) is 18.0 Å². The van der Waals surface area contributed by atoms with Crippen LogP contribution in [-0.2, 0) is 4.79 Å². The number of halogens is 1. The second-order valence-corrected chi connectivity index (χ2v) is 7.75. The van der Waals surface area contributed by atoms with Crippen molar-refractivity contribution >= 4 is 28.9 Å². The molecule has 0 spiro atoms. The number of hydrogen-bond donors (Lipinski definition) is 1. The van der Waals surface area contributed by atoms with E-state index in [0.717, 1.165) is 33.9 Å². The van der Waals surface area contributed by atoms with Crippen molar-refractivity contribution in [3.8, 4) is 11.1 Å². The summed E-state index contributed by atoms with van der Waals surface area (Å²) in [7, 11) is 0. The number of nitrogens with one attached hydrogen (secondary N) is 1. The summed E-state index contributed by atoms with van der Waals surface area (Å²) in [5.74, 6) is 0.0751. The van der Waals surface area contributed by atoms with Gasteiger partial charge in [0.2, 0.25) is 5.91 Å². The molecule has 0 aromatic heterocycles. The lowest BCUT2D eigenvalue weighted by Crippen LogP contribution is -2.43. The second-order valence-electron chi connectivity index (χ2n) is 7.32. The van der Waals surface area contributed by atoms with Gasteiger partial charge in [0.1, 0.15) is 0 Å². The zero-order valence-electron chi connectivity index (χ0n) is 16.0. The number of carbonyl (C=O) groups excluding carboxylic acids is 1. The average Bonchev–Trinajstić information content (AvgIpc) is 2.70. The Morgan fingerprint density at radius 3 is 2.39 bits per heavy atom. The van der Waals surface area contributed by atoms with E-state index < -0.39 is 0 Å². The van der Waals surface area contributed by atoms with Gasteiger partial charge < -0.3 is 10.2 Å². The van der Waals surface area contributed by atoms with Crippen LogP contribution in [0.1, 0.15) is 31.9 Å². The van der Waals surface area contributed by atoms with Gasteiger partial charge in [-0.25, -0.2) is 0 Å². The van der Waals surface area contributed by atoms with E-state index >= 15 is 0 Å². The van der Waals surface area contributed by atoms with Crippen LogP contribution in [0.15, 0.2) is 72.8 Å². The fourth-order valence-corrected chi connectivity index (χ4v) is 4.16. The Kier molecular flexibility index (Phi) is 5.10. The van der Waals surface area contributed by atoms with E-state index in [1.165, 1.54) is 5.56 Å². The van der Waals surface area contributed by atoms with Crippen LogP contribution in [0, 0.1) is 0 Å². The van der Waals surface area contributed by atoms with Gasteiger partial charge in [-0.1, -0.05) is 48.0 Å². The lowest BCUT2D eigenvalue weighted by atomic mass is 9.89. The summed E-state index contributed by atoms with van der Waals surface area (Å²) in [6.07, 6.45) is 0.841. The normalized spacial score (nSPS) is 18.5. The topological polar surface area (TPSA) is 32.3 Å². The van der Waals surface area contributed by atoms with Gasteiger partial charge in [-0.15, -0.1) is 0 Å². The Hall–Kier alpha value is -2.78. The molecule has 0 bridgehead atoms. The maximum Gasteiger partial charge on any atom is 0.224 e. The SMILES string of the molecule is CC(=O)N1c2ccc(-c3ccccc3)cc2[C@H](Nc2ccc(Cl)cc2)C[C@@H]1C. The average molecular weight is 391 g/mol. The van der Waals surface area contributed by atoms with Crippen molar-refractivity contribution in [2.75, 3.05) is 10.2 Å². The van der Waals surface area contributed by atoms with E-state index in [4.69, 9.17) is 11.6 Å². The summed E-state index contributed by atoms with van der Waals surface area (Å²) in [6, 6.07) is 24.7. The molecule has 1 aliphatic rings. The van der Waals surface area contributed by atoms with Crippen LogP contribution >= 0.6 is 11.6 Å². The van der Waals surface area contributed by atoms with Gasteiger partial charge in [0.05, 0.1) is 6.04 Å². The largest absolute Gasteiger partial charge is 0.378 e. The first-order chi connectivity index (χ1) is 13.5. The number of hydrogen-bond acceptors (Lipinski definition) is 2. The number of nitrogens with zero attached hydrogens (tertiary/aromatic N) is 1. The van der Waals surface area contributed by atoms with Crippen molar-refractivity contribution in [2.45, 2.75) is 32.4 Å². The molecule has 0 radical (unpaired) electrons. The lowest BCUT2D eigenvalue weighted by Gasteiger charge is -2.39. The maximum absolute atomic E-state index is 12.3. The first kappa shape index (κ1) is 18.6. The molecule has 1 aliphatic heterocycles. The molecule has 0 saturated heterocycles. The molecule has 3 aromatic carbocycles. The zero-order valence-corrected chi connectivity index (χ0v) is 16.8. The van der Waals surface area contributed by atoms with Gasteiger partial charge >= 0.3 is 0 Å². The third-order valence-electron chi connectivity index (χ3n) is 5.31. The molecule has 1 N–H and O–H groups in total. The highest BCUT2D eigenvalue weighted by Crippen LogP contribution is 2.41. The number of carbonyl (C=O) groups is 1. The van der Waals surface area contributed by atoms with E-state index in [0.29, 0.717) is 0 Å². The number of anilines is 2. The molecule has 2 atom stereocenters. The van der Waals surface area contributed by atoms with E-state index in [2.05, 4.69) is 42.6 Å². The molecule has 0 aliphatic carbocycles. The molecule has 3 nitrogen and oxygen atoms in total. The fourth-order valence-electron chi connectivity index (χ4n) is 4.04. The third kappa shape index (κ3) is 3.63. The molecular formula is C24H23ClN2O. The first-order valence-corrected chi connectivity index (χ1v) is 9.92. The second kappa shape index (κ2) is 7.69. The molecule has 1 heterocycles. The van der Waals surface area contributed by atoms with Crippen molar-refractivity contribution in [1.29, 1.82) is 0 Å². The molecular weight excluding hydrogens is 368 g/mol. The number of fused-ring (bicyclic) bond motifs is 1. The van der Waals surface area contributed by atoms with Gasteiger partial charge in [-0.3, -0.25) is 4.79 Å². The summed E-state index contributed by atoms with van der Waals surface area (Å²) in [5.41, 5.74) is 5.47. The van der Waals surface area contributed by atoms with E-state index in [9.17, 15) is 4.79 Å². The Morgan fingerprint density at radius 2 is 1.71 bits per heavy atom. The molecule has 3 aromatic rings. The minimum atomic E-state index is 0.0751. The predicted octanol–water partition coefficient (Wildman–Crippen LogP) is 6.31. The van der Waals surface area contributed by atoms with Crippen molar-refractivity contribution in [3.63, 3.8) is 0 Å². The number of amides is 1. The maximum atomic E-state index is 12.3. The number of benzene rings is 3. The van der Waals surface area contributed by atoms with Gasteiger partial charge in [0.25, 0.3) is 0 Å². The minimum absolute atomic E-state index is 0.0751. The summed E-state index contributed by atoms with van der Waals surface area (Å²) < 4.78 is 0. The van der Waals surface area contributed by atoms with Crippen molar-refractivity contribution in [2.24, 2.45) is 0 Å². The Balaban J connectivity index is 1.77. The van der Waals surface area contributed by atoms with Crippen LogP contribution in [-0.4, -0.2) is 11.9 Å². The van der Waals surface area contributed by atoms with Crippen LogP contribution < -0.4 is 10.2 Å². The standard InChI is InChI=1S/C24H23ClN2O/c1-16-14-23(26-21-11-9-20(25)10-12-21)22-15-19(18-6-4-3-5-7-18)8-13-24(22)27(16)17(2)28/h3-13,15-16,23,26H,14H2,1-2H3/t16-,23+/m0/s1. The predicted molar refractivity (Wildman–Crippen MR) is 117 cm³/mol. The molecule has 0 unspecified atom stereocenters. The summed E-state index contributed by atoms with van der Waals surface area (Å²) >= 11 is 6.03. The van der Waals surface area contributed by atoms with Gasteiger partial charge in [-0.05, 0) is 66.4 Å². The lowest BCUT2D eigenvalue weighted by molar-refractivity contribution is -0.117. The van der Waals surface area contributed by atoms with Crippen molar-refractivity contribution in [1.82, 2.24) is 0 Å². The molecule has 0 saturated carbocycles. The third-order valence-corrected chi connectivity index (χ3v) is 5.56. The molecule has 4 rings (SSSR count). The van der Waals surface area contributed by atoms with Gasteiger partial charge in [0.15, 0.2) is 0 Å². The zero-order chi connectivity index (χ0) is 19.7. The van der Waals surface area contributed by atoms with Gasteiger partial charge in [-0.2, -0.15) is 0 Å². The smallest absolute Gasteiger partial charge is 0.224 e. The van der Waals surface area contributed by atoms with Crippen LogP contribution in [0.3, 0.4) is 0 Å². The van der Waals surface area contributed by atoms with E-state index in [1.54, 1.807) is 6.92 Å². The van der Waals surface area contributed by atoms with Gasteiger partial charge in [0, 0.05) is 29.4 Å². The van der Waals surface area contributed by atoms with Crippen molar-refractivity contribution < 1.29 is 4.79 Å². The quantitative estimate of drug-likeness (QED) is 0.568. The Labute approximate surface area is 171 Å². The van der Waals surface area contributed by atoms with Crippen LogP contribution in [0.5, 0.6) is 0 Å². The molecule has 28 heavy (non-hydrogen) atoms. The highest BCUT2D eigenvalue weighted by molar-refractivity contribution is 6.30. The molecule has 4 heteroatoms. The van der Waals surface area contributed by atoms with Crippen LogP contribution in [0.4, 0.5) is 11.4 Å². The highest BCUT2D eigenvalue weighted by Gasteiger charge is 2.32. The summed E-state index contributed by atoms with van der Waals surface area (Å²) in [6.45, 7) is 3.74. The van der Waals surface area contributed by atoms with Crippen LogP contribution in [0.2, 0.25) is 5.02 Å². The molecule has 0 fully saturated rings. The Bertz CT molecular complexity index is 985. The number of rotatable bonds is 3. The van der Waals surface area contributed by atoms with Crippen molar-refractivity contribution in [3.05, 3.63) is 83.4 Å². The first-order valence-electron chi connectivity index (χ1n) is 9.54. The highest BCUT2D eigenvalue weighted by atomic mass is 35.5. The fraction of sp³-hybridized carbons (Fsp3) is 0.208. The summed E-state index contributed by atoms with van der Waals surface area (Å²) in [4.78, 5) is 14.2. The summed E-state index contributed by atoms with van der Waals surface area (Å²) in [5, 5.41) is 4.36. The monoisotopic (exact) mass is 390 g/mol. The minimum Gasteiger partial charge on any atom is -0.378 e. The molecule has 142 valence electrons.